The van der Waals surface area contributed by atoms with Crippen LogP contribution in [0.3, 0.4) is 0 Å². The summed E-state index contributed by atoms with van der Waals surface area (Å²) in [6.07, 6.45) is 3.46. The van der Waals surface area contributed by atoms with E-state index < -0.39 is 5.82 Å². The van der Waals surface area contributed by atoms with Gasteiger partial charge in [0.2, 0.25) is 0 Å². The minimum absolute atomic E-state index is 0.0276. The van der Waals surface area contributed by atoms with Gasteiger partial charge in [0.25, 0.3) is 0 Å². The van der Waals surface area contributed by atoms with Crippen molar-refractivity contribution >= 4 is 22.4 Å². The van der Waals surface area contributed by atoms with Crippen LogP contribution in [0.15, 0.2) is 72.8 Å². The number of rotatable bonds is 5. The van der Waals surface area contributed by atoms with E-state index in [1.807, 2.05) is 12.1 Å². The largest absolute Gasteiger partial charge is 0.206 e. The summed E-state index contributed by atoms with van der Waals surface area (Å²) in [5.41, 5.74) is 3.90. The van der Waals surface area contributed by atoms with Crippen LogP contribution in [0, 0.1) is 11.6 Å². The smallest absolute Gasteiger partial charge is 0.142 e. The summed E-state index contributed by atoms with van der Waals surface area (Å²) >= 11 is 5.73. The first-order chi connectivity index (χ1) is 14.0. The summed E-state index contributed by atoms with van der Waals surface area (Å²) in [5, 5.41) is 2.35. The number of fused-ring (bicyclic) bond motifs is 1. The van der Waals surface area contributed by atoms with Gasteiger partial charge in [0.05, 0.1) is 5.02 Å². The van der Waals surface area contributed by atoms with Gasteiger partial charge >= 0.3 is 0 Å². The van der Waals surface area contributed by atoms with Crippen LogP contribution >= 0.6 is 11.6 Å². The molecule has 0 amide bonds. The molecule has 0 nitrogen and oxygen atoms in total. The van der Waals surface area contributed by atoms with Crippen molar-refractivity contribution in [2.45, 2.75) is 26.2 Å². The van der Waals surface area contributed by atoms with E-state index in [0.717, 1.165) is 22.9 Å². The Kier molecular flexibility index (Phi) is 5.64. The van der Waals surface area contributed by atoms with Gasteiger partial charge in [-0.25, -0.2) is 8.78 Å². The number of halogens is 3. The van der Waals surface area contributed by atoms with E-state index in [2.05, 4.69) is 37.3 Å². The molecule has 0 spiro atoms. The lowest BCUT2D eigenvalue weighted by Crippen LogP contribution is -1.89. The van der Waals surface area contributed by atoms with Crippen molar-refractivity contribution in [3.63, 3.8) is 0 Å². The van der Waals surface area contributed by atoms with Crippen LogP contribution in [-0.4, -0.2) is 0 Å². The third-order valence-electron chi connectivity index (χ3n) is 5.26. The van der Waals surface area contributed by atoms with Gasteiger partial charge in [-0.1, -0.05) is 73.5 Å². The monoisotopic (exact) mass is 406 g/mol. The molecule has 0 aromatic heterocycles. The molecule has 0 aliphatic heterocycles. The van der Waals surface area contributed by atoms with Crippen LogP contribution in [-0.2, 0) is 6.42 Å². The van der Waals surface area contributed by atoms with Crippen molar-refractivity contribution < 1.29 is 8.78 Å². The Hall–Kier alpha value is -2.71. The molecule has 0 heterocycles. The molecule has 3 heteroatoms. The van der Waals surface area contributed by atoms with Crippen LogP contribution in [0.2, 0.25) is 5.02 Å². The maximum Gasteiger partial charge on any atom is 0.142 e. The zero-order valence-corrected chi connectivity index (χ0v) is 16.9. The first-order valence-corrected chi connectivity index (χ1v) is 10.2. The first kappa shape index (κ1) is 19.6. The third kappa shape index (κ3) is 4.18. The fourth-order valence-electron chi connectivity index (χ4n) is 3.60. The van der Waals surface area contributed by atoms with Crippen molar-refractivity contribution in [1.29, 1.82) is 0 Å². The predicted octanol–water partition coefficient (Wildman–Crippen LogP) is 8.45. The Labute approximate surface area is 174 Å². The van der Waals surface area contributed by atoms with Crippen molar-refractivity contribution in [1.82, 2.24) is 0 Å². The van der Waals surface area contributed by atoms with Gasteiger partial charge in [-0.3, -0.25) is 0 Å². The lowest BCUT2D eigenvalue weighted by Gasteiger charge is -2.09. The zero-order chi connectivity index (χ0) is 20.4. The molecule has 0 bridgehead atoms. The number of aryl methyl sites for hydroxylation is 1. The summed E-state index contributed by atoms with van der Waals surface area (Å²) in [6, 6.07) is 22.1. The molecule has 0 aliphatic rings. The summed E-state index contributed by atoms with van der Waals surface area (Å²) < 4.78 is 28.5. The van der Waals surface area contributed by atoms with Crippen LogP contribution in [0.1, 0.15) is 25.3 Å². The van der Waals surface area contributed by atoms with Crippen molar-refractivity contribution in [2.24, 2.45) is 0 Å². The highest BCUT2D eigenvalue weighted by atomic mass is 35.5. The van der Waals surface area contributed by atoms with E-state index in [4.69, 9.17) is 11.6 Å². The molecule has 4 rings (SSSR count). The van der Waals surface area contributed by atoms with Crippen LogP contribution < -0.4 is 0 Å². The van der Waals surface area contributed by atoms with Crippen LogP contribution in [0.25, 0.3) is 33.0 Å². The molecule has 146 valence electrons. The summed E-state index contributed by atoms with van der Waals surface area (Å²) in [4.78, 5) is 0. The molecule has 0 radical (unpaired) electrons. The summed E-state index contributed by atoms with van der Waals surface area (Å²) in [5.74, 6) is -0.945. The molecule has 29 heavy (non-hydrogen) atoms. The lowest BCUT2D eigenvalue weighted by molar-refractivity contribution is 0.625. The number of unbranched alkanes of at least 4 members (excludes halogenated alkanes) is 1. The number of hydrogen-bond donors (Lipinski definition) is 0. The molecule has 0 unspecified atom stereocenters. The molecular formula is C26H21ClF2. The number of benzene rings is 4. The topological polar surface area (TPSA) is 0 Å². The van der Waals surface area contributed by atoms with Gasteiger partial charge in [-0.05, 0) is 70.1 Å². The Bertz CT molecular complexity index is 1180. The molecule has 4 aromatic carbocycles. The van der Waals surface area contributed by atoms with E-state index in [-0.39, 0.29) is 10.8 Å². The van der Waals surface area contributed by atoms with Gasteiger partial charge in [-0.2, -0.15) is 0 Å². The second-order valence-corrected chi connectivity index (χ2v) is 7.73. The Morgan fingerprint density at radius 2 is 1.34 bits per heavy atom. The molecule has 0 aliphatic carbocycles. The lowest BCUT2D eigenvalue weighted by atomic mass is 9.96. The minimum Gasteiger partial charge on any atom is -0.206 e. The zero-order valence-electron chi connectivity index (χ0n) is 16.2. The molecule has 0 atom stereocenters. The first-order valence-electron chi connectivity index (χ1n) is 9.83. The number of hydrogen-bond acceptors (Lipinski definition) is 0. The van der Waals surface area contributed by atoms with Crippen LogP contribution in [0.5, 0.6) is 0 Å². The molecule has 4 aromatic rings. The highest BCUT2D eigenvalue weighted by Crippen LogP contribution is 2.31. The molecule has 0 saturated carbocycles. The standard InChI is InChI=1S/C26H21ClF2/c1-2-3-4-17-5-6-19-14-20(8-7-18(19)13-17)21-9-11-23(25(28)15-21)22-10-12-24(27)26(29)16-22/h5-16H,2-4H2,1H3. The SMILES string of the molecule is CCCCc1ccc2cc(-c3ccc(-c4ccc(Cl)c(F)c4)c(F)c3)ccc2c1. The van der Waals surface area contributed by atoms with E-state index in [9.17, 15) is 8.78 Å². The van der Waals surface area contributed by atoms with Gasteiger partial charge in [0.15, 0.2) is 0 Å². The molecule has 0 saturated heterocycles. The Balaban J connectivity index is 1.66. The fourth-order valence-corrected chi connectivity index (χ4v) is 3.72. The Morgan fingerprint density at radius 1 is 0.690 bits per heavy atom. The second-order valence-electron chi connectivity index (χ2n) is 7.32. The Morgan fingerprint density at radius 3 is 2.10 bits per heavy atom. The van der Waals surface area contributed by atoms with E-state index >= 15 is 0 Å². The van der Waals surface area contributed by atoms with Gasteiger partial charge in [0, 0.05) is 5.56 Å². The second kappa shape index (κ2) is 8.34. The summed E-state index contributed by atoms with van der Waals surface area (Å²) in [7, 11) is 0. The van der Waals surface area contributed by atoms with Gasteiger partial charge in [0.1, 0.15) is 11.6 Å². The minimum atomic E-state index is -0.555. The van der Waals surface area contributed by atoms with Crippen LogP contribution in [0.4, 0.5) is 8.78 Å². The quantitative estimate of drug-likeness (QED) is 0.312. The van der Waals surface area contributed by atoms with Gasteiger partial charge < -0.3 is 0 Å². The normalized spacial score (nSPS) is 11.2. The van der Waals surface area contributed by atoms with E-state index in [1.165, 1.54) is 42.0 Å². The van der Waals surface area contributed by atoms with Crippen molar-refractivity contribution in [2.75, 3.05) is 0 Å². The third-order valence-corrected chi connectivity index (χ3v) is 5.56. The molecule has 0 N–H and O–H groups in total. The average Bonchev–Trinajstić information content (AvgIpc) is 2.73. The summed E-state index contributed by atoms with van der Waals surface area (Å²) in [6.45, 7) is 2.20. The maximum atomic E-state index is 14.8. The van der Waals surface area contributed by atoms with E-state index in [0.29, 0.717) is 11.1 Å². The van der Waals surface area contributed by atoms with E-state index in [1.54, 1.807) is 12.1 Å². The molecule has 0 fully saturated rings. The average molecular weight is 407 g/mol. The highest BCUT2D eigenvalue weighted by Gasteiger charge is 2.10. The molecular weight excluding hydrogens is 386 g/mol. The van der Waals surface area contributed by atoms with Crippen molar-refractivity contribution in [3.8, 4) is 22.3 Å². The van der Waals surface area contributed by atoms with Gasteiger partial charge in [-0.15, -0.1) is 0 Å². The fraction of sp³-hybridized carbons (Fsp3) is 0.154. The highest BCUT2D eigenvalue weighted by molar-refractivity contribution is 6.30. The van der Waals surface area contributed by atoms with Crippen molar-refractivity contribution in [3.05, 3.63) is 95.0 Å². The predicted molar refractivity (Wildman–Crippen MR) is 118 cm³/mol. The maximum absolute atomic E-state index is 14.8.